The molecule has 1 heterocycles. The molecule has 0 bridgehead atoms. The minimum absolute atomic E-state index is 0.647. The molecule has 21 heavy (non-hydrogen) atoms. The van der Waals surface area contributed by atoms with E-state index in [0.717, 1.165) is 37.4 Å². The van der Waals surface area contributed by atoms with Gasteiger partial charge in [0.25, 0.3) is 0 Å². The van der Waals surface area contributed by atoms with Crippen LogP contribution >= 0.6 is 0 Å². The van der Waals surface area contributed by atoms with Crippen molar-refractivity contribution in [2.24, 2.45) is 0 Å². The molecule has 112 valence electrons. The molecule has 0 unspecified atom stereocenters. The molecule has 0 spiro atoms. The maximum absolute atomic E-state index is 9.31. The second-order valence-corrected chi connectivity index (χ2v) is 4.78. The first-order valence-electron chi connectivity index (χ1n) is 6.89. The largest absolute Gasteiger partial charge is 0.493 e. The normalized spacial score (nSPS) is 16.3. The summed E-state index contributed by atoms with van der Waals surface area (Å²) in [5.74, 6) is 1.34. The van der Waals surface area contributed by atoms with Crippen LogP contribution in [0.3, 0.4) is 0 Å². The number of benzene rings is 1. The zero-order valence-electron chi connectivity index (χ0n) is 12.5. The molecule has 0 radical (unpaired) electrons. The van der Waals surface area contributed by atoms with E-state index in [9.17, 15) is 5.26 Å². The van der Waals surface area contributed by atoms with E-state index in [1.165, 1.54) is 0 Å². The van der Waals surface area contributed by atoms with Crippen LogP contribution in [0.5, 0.6) is 11.5 Å². The van der Waals surface area contributed by atoms with Crippen molar-refractivity contribution < 1.29 is 14.2 Å². The summed E-state index contributed by atoms with van der Waals surface area (Å²) < 4.78 is 15.8. The quantitative estimate of drug-likeness (QED) is 0.775. The lowest BCUT2D eigenvalue weighted by molar-refractivity contribution is 0.0428. The molecule has 1 fully saturated rings. The zero-order chi connectivity index (χ0) is 15.1. The Morgan fingerprint density at radius 1 is 1.29 bits per heavy atom. The molecule has 0 atom stereocenters. The number of nitrogens with zero attached hydrogens (tertiary/aromatic N) is 2. The topological polar surface area (TPSA) is 54.7 Å². The molecule has 1 aliphatic rings. The maximum Gasteiger partial charge on any atom is 0.161 e. The molecule has 1 aromatic carbocycles. The lowest BCUT2D eigenvalue weighted by atomic mass is 10.1. The van der Waals surface area contributed by atoms with Crippen LogP contribution in [0.2, 0.25) is 0 Å². The Labute approximate surface area is 125 Å². The van der Waals surface area contributed by atoms with Crippen molar-refractivity contribution in [2.45, 2.75) is 0 Å². The minimum Gasteiger partial charge on any atom is -0.493 e. The first-order chi connectivity index (χ1) is 10.3. The summed E-state index contributed by atoms with van der Waals surface area (Å²) in [5, 5.41) is 9.31. The number of hydrogen-bond acceptors (Lipinski definition) is 5. The van der Waals surface area contributed by atoms with Gasteiger partial charge in [-0.05, 0) is 23.8 Å². The van der Waals surface area contributed by atoms with Gasteiger partial charge in [-0.1, -0.05) is 6.07 Å². The van der Waals surface area contributed by atoms with Gasteiger partial charge in [0.05, 0.1) is 33.5 Å². The molecule has 1 aromatic rings. The van der Waals surface area contributed by atoms with Crippen molar-refractivity contribution in [2.75, 3.05) is 47.1 Å². The van der Waals surface area contributed by atoms with Crippen molar-refractivity contribution in [1.82, 2.24) is 4.90 Å². The number of methoxy groups -OCH3 is 2. The summed E-state index contributed by atoms with van der Waals surface area (Å²) in [6, 6.07) is 7.90. The molecule has 0 saturated carbocycles. The number of nitriles is 1. The van der Waals surface area contributed by atoms with Crippen molar-refractivity contribution in [3.63, 3.8) is 0 Å². The number of ether oxygens (including phenoxy) is 3. The highest BCUT2D eigenvalue weighted by Gasteiger charge is 2.12. The van der Waals surface area contributed by atoms with E-state index in [0.29, 0.717) is 18.0 Å². The highest BCUT2D eigenvalue weighted by atomic mass is 16.5. The molecular formula is C16H20N2O3. The number of morpholine rings is 1. The van der Waals surface area contributed by atoms with Gasteiger partial charge in [0.15, 0.2) is 11.5 Å². The Morgan fingerprint density at radius 3 is 2.62 bits per heavy atom. The van der Waals surface area contributed by atoms with Gasteiger partial charge in [0.1, 0.15) is 0 Å². The lowest BCUT2D eigenvalue weighted by Gasteiger charge is -2.26. The van der Waals surface area contributed by atoms with Crippen LogP contribution in [0.15, 0.2) is 23.8 Å². The summed E-state index contributed by atoms with van der Waals surface area (Å²) in [6.07, 6.45) is 1.89. The second kappa shape index (κ2) is 7.67. The smallest absolute Gasteiger partial charge is 0.161 e. The van der Waals surface area contributed by atoms with E-state index in [2.05, 4.69) is 11.0 Å². The molecule has 0 N–H and O–H groups in total. The van der Waals surface area contributed by atoms with E-state index >= 15 is 0 Å². The van der Waals surface area contributed by atoms with Crippen molar-refractivity contribution in [3.05, 3.63) is 29.3 Å². The highest BCUT2D eigenvalue weighted by Crippen LogP contribution is 2.28. The standard InChI is InChI=1S/C16H20N2O3/c1-19-15-4-3-13(10-16(15)20-2)9-14(11-17)12-18-5-7-21-8-6-18/h3-4,9-10H,5-8,12H2,1-2H3. The minimum atomic E-state index is 0.647. The van der Waals surface area contributed by atoms with Crippen LogP contribution in [0.4, 0.5) is 0 Å². The Morgan fingerprint density at radius 2 is 2.00 bits per heavy atom. The second-order valence-electron chi connectivity index (χ2n) is 4.78. The van der Waals surface area contributed by atoms with Gasteiger partial charge in [-0.2, -0.15) is 5.26 Å². The van der Waals surface area contributed by atoms with Crippen molar-refractivity contribution >= 4 is 6.08 Å². The van der Waals surface area contributed by atoms with Crippen molar-refractivity contribution in [3.8, 4) is 17.6 Å². The van der Waals surface area contributed by atoms with Gasteiger partial charge in [-0.25, -0.2) is 0 Å². The van der Waals surface area contributed by atoms with E-state index < -0.39 is 0 Å². The van der Waals surface area contributed by atoms with E-state index in [1.54, 1.807) is 14.2 Å². The molecule has 5 heteroatoms. The zero-order valence-corrected chi connectivity index (χ0v) is 12.5. The summed E-state index contributed by atoms with van der Waals surface area (Å²) in [5.41, 5.74) is 1.65. The third-order valence-corrected chi connectivity index (χ3v) is 3.39. The van der Waals surface area contributed by atoms with Crippen molar-refractivity contribution in [1.29, 1.82) is 5.26 Å². The lowest BCUT2D eigenvalue weighted by Crippen LogP contribution is -2.37. The summed E-state index contributed by atoms with van der Waals surface area (Å²) in [4.78, 5) is 2.22. The van der Waals surface area contributed by atoms with Gasteiger partial charge in [0, 0.05) is 25.2 Å². The highest BCUT2D eigenvalue weighted by molar-refractivity contribution is 5.61. The van der Waals surface area contributed by atoms with Gasteiger partial charge in [0.2, 0.25) is 0 Å². The van der Waals surface area contributed by atoms with Crippen LogP contribution in [0.1, 0.15) is 5.56 Å². The first kappa shape index (κ1) is 15.4. The Balaban J connectivity index is 2.13. The predicted molar refractivity (Wildman–Crippen MR) is 80.4 cm³/mol. The molecular weight excluding hydrogens is 268 g/mol. The fraction of sp³-hybridized carbons (Fsp3) is 0.438. The Hall–Kier alpha value is -2.03. The molecule has 1 saturated heterocycles. The van der Waals surface area contributed by atoms with Gasteiger partial charge in [-0.15, -0.1) is 0 Å². The third-order valence-electron chi connectivity index (χ3n) is 3.39. The fourth-order valence-corrected chi connectivity index (χ4v) is 2.26. The number of hydrogen-bond donors (Lipinski definition) is 0. The molecule has 0 amide bonds. The van der Waals surface area contributed by atoms with Crippen LogP contribution in [-0.4, -0.2) is 52.0 Å². The van der Waals surface area contributed by atoms with Gasteiger partial charge >= 0.3 is 0 Å². The average Bonchev–Trinajstić information content (AvgIpc) is 2.55. The molecule has 1 aliphatic heterocycles. The van der Waals surface area contributed by atoms with E-state index in [4.69, 9.17) is 14.2 Å². The monoisotopic (exact) mass is 288 g/mol. The summed E-state index contributed by atoms with van der Waals surface area (Å²) >= 11 is 0. The van der Waals surface area contributed by atoms with Gasteiger partial charge in [-0.3, -0.25) is 4.90 Å². The predicted octanol–water partition coefficient (Wildman–Crippen LogP) is 1.94. The Bertz CT molecular complexity index is 543. The third kappa shape index (κ3) is 4.22. The van der Waals surface area contributed by atoms with E-state index in [1.807, 2.05) is 24.3 Å². The first-order valence-corrected chi connectivity index (χ1v) is 6.89. The molecule has 0 aliphatic carbocycles. The van der Waals surface area contributed by atoms with Crippen LogP contribution in [-0.2, 0) is 4.74 Å². The molecule has 5 nitrogen and oxygen atoms in total. The van der Waals surface area contributed by atoms with E-state index in [-0.39, 0.29) is 0 Å². The van der Waals surface area contributed by atoms with Gasteiger partial charge < -0.3 is 14.2 Å². The maximum atomic E-state index is 9.31. The Kier molecular flexibility index (Phi) is 5.61. The summed E-state index contributed by atoms with van der Waals surface area (Å²) in [7, 11) is 3.21. The van der Waals surface area contributed by atoms with Crippen LogP contribution in [0.25, 0.3) is 6.08 Å². The van der Waals surface area contributed by atoms with Crippen LogP contribution < -0.4 is 9.47 Å². The van der Waals surface area contributed by atoms with Crippen LogP contribution in [0, 0.1) is 11.3 Å². The molecule has 2 rings (SSSR count). The fourth-order valence-electron chi connectivity index (χ4n) is 2.26. The number of rotatable bonds is 5. The SMILES string of the molecule is COc1ccc(C=C(C#N)CN2CCOCC2)cc1OC. The molecule has 0 aromatic heterocycles. The average molecular weight is 288 g/mol. The summed E-state index contributed by atoms with van der Waals surface area (Å²) in [6.45, 7) is 3.84.